The van der Waals surface area contributed by atoms with Gasteiger partial charge in [0.15, 0.2) is 5.82 Å². The lowest BCUT2D eigenvalue weighted by Gasteiger charge is -2.28. The maximum atomic E-state index is 5.90. The Morgan fingerprint density at radius 1 is 1.25 bits per heavy atom. The van der Waals surface area contributed by atoms with E-state index in [1.165, 1.54) is 0 Å². The van der Waals surface area contributed by atoms with Crippen LogP contribution < -0.4 is 15.4 Å². The highest BCUT2D eigenvalue weighted by Gasteiger charge is 2.19. The van der Waals surface area contributed by atoms with Crippen molar-refractivity contribution in [1.29, 1.82) is 0 Å². The van der Waals surface area contributed by atoms with Gasteiger partial charge in [-0.2, -0.15) is 4.98 Å². The molecule has 1 fully saturated rings. The molecule has 0 bridgehead atoms. The van der Waals surface area contributed by atoms with E-state index in [0.29, 0.717) is 12.6 Å². The minimum absolute atomic E-state index is 0.311. The van der Waals surface area contributed by atoms with Gasteiger partial charge in [0.1, 0.15) is 12.4 Å². The standard InChI is InChI=1S/C14H19N5O/c15-11-6-8-19(9-7-11)14-16-13(17-18-14)10-20-12-4-2-1-3-5-12/h1-5,11H,6-10,15H2,(H,16,17,18). The van der Waals surface area contributed by atoms with E-state index in [-0.39, 0.29) is 0 Å². The van der Waals surface area contributed by atoms with Crippen molar-refractivity contribution in [3.63, 3.8) is 0 Å². The van der Waals surface area contributed by atoms with E-state index < -0.39 is 0 Å². The summed E-state index contributed by atoms with van der Waals surface area (Å²) < 4.78 is 5.64. The second-order valence-electron chi connectivity index (χ2n) is 5.01. The second-order valence-corrected chi connectivity index (χ2v) is 5.01. The van der Waals surface area contributed by atoms with Crippen molar-refractivity contribution in [2.75, 3.05) is 18.0 Å². The van der Waals surface area contributed by atoms with Gasteiger partial charge < -0.3 is 15.4 Å². The lowest BCUT2D eigenvalue weighted by molar-refractivity contribution is 0.296. The number of nitrogens with two attached hydrogens (primary N) is 1. The Morgan fingerprint density at radius 2 is 2.00 bits per heavy atom. The molecule has 0 aliphatic carbocycles. The van der Waals surface area contributed by atoms with E-state index in [2.05, 4.69) is 20.1 Å². The number of benzene rings is 1. The molecule has 3 rings (SSSR count). The number of ether oxygens (including phenoxy) is 1. The van der Waals surface area contributed by atoms with Crippen molar-refractivity contribution in [2.45, 2.75) is 25.5 Å². The molecule has 20 heavy (non-hydrogen) atoms. The molecule has 1 saturated heterocycles. The Kier molecular flexibility index (Phi) is 3.83. The van der Waals surface area contributed by atoms with Crippen LogP contribution in [0.1, 0.15) is 18.7 Å². The van der Waals surface area contributed by atoms with E-state index in [1.54, 1.807) is 0 Å². The first-order valence-electron chi connectivity index (χ1n) is 6.91. The van der Waals surface area contributed by atoms with Crippen LogP contribution in [0.5, 0.6) is 5.75 Å². The molecule has 6 heteroatoms. The van der Waals surface area contributed by atoms with Crippen molar-refractivity contribution >= 4 is 5.95 Å². The summed E-state index contributed by atoms with van der Waals surface area (Å²) >= 11 is 0. The van der Waals surface area contributed by atoms with Gasteiger partial charge in [0.2, 0.25) is 5.95 Å². The van der Waals surface area contributed by atoms with Crippen LogP contribution in [0, 0.1) is 0 Å². The van der Waals surface area contributed by atoms with Gasteiger partial charge in [0, 0.05) is 19.1 Å². The molecule has 0 unspecified atom stereocenters. The molecular weight excluding hydrogens is 254 g/mol. The van der Waals surface area contributed by atoms with Gasteiger partial charge in [-0.1, -0.05) is 18.2 Å². The highest BCUT2D eigenvalue weighted by Crippen LogP contribution is 2.15. The maximum Gasteiger partial charge on any atom is 0.244 e. The summed E-state index contributed by atoms with van der Waals surface area (Å²) in [6.45, 7) is 2.22. The molecule has 106 valence electrons. The molecule has 2 aromatic rings. The van der Waals surface area contributed by atoms with Crippen LogP contribution in [0.4, 0.5) is 5.95 Å². The molecular formula is C14H19N5O. The fraction of sp³-hybridized carbons (Fsp3) is 0.429. The molecule has 0 saturated carbocycles. The number of nitrogens with zero attached hydrogens (tertiary/aromatic N) is 3. The third kappa shape index (κ3) is 3.08. The third-order valence-corrected chi connectivity index (χ3v) is 3.46. The number of anilines is 1. The molecule has 3 N–H and O–H groups in total. The summed E-state index contributed by atoms with van der Waals surface area (Å²) in [5, 5.41) is 7.17. The van der Waals surface area contributed by atoms with Crippen molar-refractivity contribution < 1.29 is 4.74 Å². The first kappa shape index (κ1) is 12.9. The zero-order chi connectivity index (χ0) is 13.8. The predicted molar refractivity (Wildman–Crippen MR) is 76.6 cm³/mol. The monoisotopic (exact) mass is 273 g/mol. The van der Waals surface area contributed by atoms with Crippen LogP contribution in [-0.2, 0) is 6.61 Å². The van der Waals surface area contributed by atoms with Crippen LogP contribution in [0.2, 0.25) is 0 Å². The van der Waals surface area contributed by atoms with Crippen LogP contribution >= 0.6 is 0 Å². The van der Waals surface area contributed by atoms with Gasteiger partial charge in [0.05, 0.1) is 0 Å². The van der Waals surface area contributed by atoms with Crippen molar-refractivity contribution in [3.05, 3.63) is 36.2 Å². The van der Waals surface area contributed by atoms with Gasteiger partial charge in [-0.25, -0.2) is 0 Å². The second kappa shape index (κ2) is 5.92. The molecule has 0 atom stereocenters. The number of hydrogen-bond acceptors (Lipinski definition) is 5. The topological polar surface area (TPSA) is 80.1 Å². The Morgan fingerprint density at radius 3 is 2.75 bits per heavy atom. The quantitative estimate of drug-likeness (QED) is 0.878. The van der Waals surface area contributed by atoms with Crippen molar-refractivity contribution in [2.24, 2.45) is 5.73 Å². The molecule has 6 nitrogen and oxygen atoms in total. The number of H-pyrrole nitrogens is 1. The number of aromatic amines is 1. The van der Waals surface area contributed by atoms with Gasteiger partial charge in [-0.3, -0.25) is 5.10 Å². The minimum atomic E-state index is 0.311. The van der Waals surface area contributed by atoms with E-state index in [9.17, 15) is 0 Å². The fourth-order valence-corrected chi connectivity index (χ4v) is 2.26. The molecule has 0 amide bonds. The molecule has 1 aromatic heterocycles. The average molecular weight is 273 g/mol. The van der Waals surface area contributed by atoms with E-state index >= 15 is 0 Å². The number of aromatic nitrogens is 3. The van der Waals surface area contributed by atoms with Crippen LogP contribution in [-0.4, -0.2) is 34.3 Å². The lowest BCUT2D eigenvalue weighted by atomic mass is 10.1. The number of piperidine rings is 1. The van der Waals surface area contributed by atoms with Crippen molar-refractivity contribution in [3.8, 4) is 5.75 Å². The maximum absolute atomic E-state index is 5.90. The fourth-order valence-electron chi connectivity index (χ4n) is 2.26. The van der Waals surface area contributed by atoms with E-state index in [0.717, 1.165) is 43.5 Å². The summed E-state index contributed by atoms with van der Waals surface area (Å²) in [5.74, 6) is 2.30. The number of rotatable bonds is 4. The van der Waals surface area contributed by atoms with Gasteiger partial charge >= 0.3 is 0 Å². The Bertz CT molecular complexity index is 534. The summed E-state index contributed by atoms with van der Waals surface area (Å²) in [6.07, 6.45) is 1.98. The Balaban J connectivity index is 1.57. The van der Waals surface area contributed by atoms with Gasteiger partial charge in [-0.05, 0) is 25.0 Å². The molecule has 1 aliphatic rings. The molecule has 1 aliphatic heterocycles. The summed E-state index contributed by atoms with van der Waals surface area (Å²) in [5.41, 5.74) is 5.90. The summed E-state index contributed by atoms with van der Waals surface area (Å²) in [4.78, 5) is 6.63. The van der Waals surface area contributed by atoms with Crippen molar-refractivity contribution in [1.82, 2.24) is 15.2 Å². The van der Waals surface area contributed by atoms with E-state index in [1.807, 2.05) is 30.3 Å². The summed E-state index contributed by atoms with van der Waals surface area (Å²) in [7, 11) is 0. The smallest absolute Gasteiger partial charge is 0.244 e. The third-order valence-electron chi connectivity index (χ3n) is 3.46. The largest absolute Gasteiger partial charge is 0.486 e. The van der Waals surface area contributed by atoms with Crippen LogP contribution in [0.25, 0.3) is 0 Å². The minimum Gasteiger partial charge on any atom is -0.486 e. The zero-order valence-corrected chi connectivity index (χ0v) is 11.3. The first-order valence-corrected chi connectivity index (χ1v) is 6.91. The molecule has 0 radical (unpaired) electrons. The van der Waals surface area contributed by atoms with Crippen LogP contribution in [0.15, 0.2) is 30.3 Å². The van der Waals surface area contributed by atoms with Gasteiger partial charge in [0.25, 0.3) is 0 Å². The predicted octanol–water partition coefficient (Wildman–Crippen LogP) is 1.31. The lowest BCUT2D eigenvalue weighted by Crippen LogP contribution is -2.40. The SMILES string of the molecule is NC1CCN(c2n[nH]c(COc3ccccc3)n2)CC1. The zero-order valence-electron chi connectivity index (χ0n) is 11.3. The van der Waals surface area contributed by atoms with Crippen LogP contribution in [0.3, 0.4) is 0 Å². The Hall–Kier alpha value is -2.08. The van der Waals surface area contributed by atoms with Gasteiger partial charge in [-0.15, -0.1) is 5.10 Å². The number of nitrogens with one attached hydrogen (secondary N) is 1. The normalized spacial score (nSPS) is 16.4. The molecule has 2 heterocycles. The number of hydrogen-bond donors (Lipinski definition) is 2. The molecule has 1 aromatic carbocycles. The Labute approximate surface area is 118 Å². The first-order chi connectivity index (χ1) is 9.81. The summed E-state index contributed by atoms with van der Waals surface area (Å²) in [6, 6.07) is 10.00. The number of para-hydroxylation sites is 1. The molecule has 0 spiro atoms. The average Bonchev–Trinajstić information content (AvgIpc) is 2.96. The highest BCUT2D eigenvalue weighted by molar-refractivity contribution is 5.29. The highest BCUT2D eigenvalue weighted by atomic mass is 16.5. The van der Waals surface area contributed by atoms with E-state index in [4.69, 9.17) is 10.5 Å².